The molecule has 0 saturated heterocycles. The normalized spacial score (nSPS) is 13.7. The maximum absolute atomic E-state index is 14.3. The van der Waals surface area contributed by atoms with Crippen molar-refractivity contribution in [3.63, 3.8) is 0 Å². The number of esters is 1. The number of hydrogen-bond acceptors (Lipinski definition) is 7. The van der Waals surface area contributed by atoms with Crippen molar-refractivity contribution in [1.29, 1.82) is 0 Å². The second-order valence-corrected chi connectivity index (χ2v) is 12.9. The van der Waals surface area contributed by atoms with E-state index in [1.165, 1.54) is 4.90 Å². The zero-order valence-corrected chi connectivity index (χ0v) is 27.5. The van der Waals surface area contributed by atoms with E-state index in [9.17, 15) is 24.3 Å². The number of aryl methyl sites for hydroxylation is 1. The monoisotopic (exact) mass is 611 g/mol. The molecule has 10 nitrogen and oxygen atoms in total. The van der Waals surface area contributed by atoms with E-state index in [1.54, 1.807) is 53.7 Å². The third kappa shape index (κ3) is 11.0. The average molecular weight is 612 g/mol. The van der Waals surface area contributed by atoms with Crippen molar-refractivity contribution in [1.82, 2.24) is 15.5 Å². The van der Waals surface area contributed by atoms with Crippen LogP contribution in [0.2, 0.25) is 0 Å². The highest BCUT2D eigenvalue weighted by molar-refractivity contribution is 5.94. The van der Waals surface area contributed by atoms with Crippen molar-refractivity contribution in [2.75, 3.05) is 13.2 Å². The average Bonchev–Trinajstić information content (AvgIpc) is 2.91. The number of benzene rings is 2. The van der Waals surface area contributed by atoms with Crippen LogP contribution in [0.3, 0.4) is 0 Å². The molecule has 0 heterocycles. The summed E-state index contributed by atoms with van der Waals surface area (Å²) in [6.07, 6.45) is -0.228. The van der Waals surface area contributed by atoms with Gasteiger partial charge in [0.25, 0.3) is 0 Å². The number of amides is 3. The first kappa shape index (κ1) is 36.3. The topological polar surface area (TPSA) is 134 Å². The standard InChI is InChI=1S/C34H49N3O7/c1-10-19-37(30(40)27(21-38)36-32(42)44-34(7,8)9)28(25-18-14-15-22(2)23(25)3)29(39)35-26(31(41)43-33(4,5)6)20-24-16-12-11-13-17-24/h11-18,26-28,38H,10,19-21H2,1-9H3,(H,35,39)(H,36,42). The third-order valence-electron chi connectivity index (χ3n) is 6.71. The molecule has 3 atom stereocenters. The summed E-state index contributed by atoms with van der Waals surface area (Å²) >= 11 is 0. The zero-order valence-electron chi connectivity index (χ0n) is 27.5. The first-order valence-corrected chi connectivity index (χ1v) is 15.0. The summed E-state index contributed by atoms with van der Waals surface area (Å²) in [6.45, 7) is 15.3. The van der Waals surface area contributed by atoms with E-state index in [4.69, 9.17) is 9.47 Å². The molecule has 0 aliphatic carbocycles. The van der Waals surface area contributed by atoms with Crippen molar-refractivity contribution in [3.8, 4) is 0 Å². The Hall–Kier alpha value is -3.92. The van der Waals surface area contributed by atoms with Gasteiger partial charge in [0.15, 0.2) is 0 Å². The summed E-state index contributed by atoms with van der Waals surface area (Å²) in [5.41, 5.74) is 1.44. The minimum absolute atomic E-state index is 0.132. The smallest absolute Gasteiger partial charge is 0.408 e. The Labute approximate surface area is 261 Å². The Morgan fingerprint density at radius 1 is 0.841 bits per heavy atom. The van der Waals surface area contributed by atoms with Gasteiger partial charge >= 0.3 is 12.1 Å². The minimum atomic E-state index is -1.37. The predicted molar refractivity (Wildman–Crippen MR) is 169 cm³/mol. The summed E-state index contributed by atoms with van der Waals surface area (Å²) in [7, 11) is 0. The Morgan fingerprint density at radius 3 is 2.00 bits per heavy atom. The molecule has 0 aromatic heterocycles. The number of carbonyl (C=O) groups is 4. The molecule has 0 fully saturated rings. The third-order valence-corrected chi connectivity index (χ3v) is 6.71. The maximum atomic E-state index is 14.3. The largest absolute Gasteiger partial charge is 0.458 e. The van der Waals surface area contributed by atoms with Crippen LogP contribution in [0.15, 0.2) is 48.5 Å². The molecular formula is C34H49N3O7. The van der Waals surface area contributed by atoms with Gasteiger partial charge in [-0.05, 0) is 84.1 Å². The first-order chi connectivity index (χ1) is 20.5. The lowest BCUT2D eigenvalue weighted by atomic mass is 9.94. The number of alkyl carbamates (subject to hydrolysis) is 1. The van der Waals surface area contributed by atoms with Gasteiger partial charge < -0.3 is 30.1 Å². The van der Waals surface area contributed by atoms with Gasteiger partial charge in [-0.2, -0.15) is 0 Å². The van der Waals surface area contributed by atoms with Crippen LogP contribution in [0.4, 0.5) is 4.79 Å². The van der Waals surface area contributed by atoms with Crippen molar-refractivity contribution in [2.45, 2.75) is 104 Å². The zero-order chi connectivity index (χ0) is 33.2. The summed E-state index contributed by atoms with van der Waals surface area (Å²) in [4.78, 5) is 55.6. The highest BCUT2D eigenvalue weighted by atomic mass is 16.6. The number of aliphatic hydroxyl groups is 1. The van der Waals surface area contributed by atoms with Crippen molar-refractivity contribution in [3.05, 3.63) is 70.8 Å². The molecule has 3 N–H and O–H groups in total. The van der Waals surface area contributed by atoms with Gasteiger partial charge in [0, 0.05) is 13.0 Å². The summed E-state index contributed by atoms with van der Waals surface area (Å²) in [5.74, 6) is -1.87. The molecule has 2 rings (SSSR count). The van der Waals surface area contributed by atoms with Crippen LogP contribution >= 0.6 is 0 Å². The quantitative estimate of drug-likeness (QED) is 0.300. The van der Waals surface area contributed by atoms with E-state index >= 15 is 0 Å². The van der Waals surface area contributed by atoms with E-state index in [0.29, 0.717) is 12.0 Å². The van der Waals surface area contributed by atoms with Gasteiger partial charge in [0.2, 0.25) is 11.8 Å². The van der Waals surface area contributed by atoms with E-state index in [-0.39, 0.29) is 13.0 Å². The Kier molecular flexibility index (Phi) is 12.9. The van der Waals surface area contributed by atoms with E-state index in [0.717, 1.165) is 16.7 Å². The van der Waals surface area contributed by atoms with Crippen molar-refractivity contribution < 1.29 is 33.8 Å². The number of hydrogen-bond donors (Lipinski definition) is 3. The number of nitrogens with one attached hydrogen (secondary N) is 2. The number of carbonyl (C=O) groups excluding carboxylic acids is 4. The molecule has 2 aromatic carbocycles. The molecule has 10 heteroatoms. The summed E-state index contributed by atoms with van der Waals surface area (Å²) in [6, 6.07) is 11.1. The number of rotatable bonds is 12. The van der Waals surface area contributed by atoms with Crippen LogP contribution in [0, 0.1) is 13.8 Å². The van der Waals surface area contributed by atoms with Crippen LogP contribution < -0.4 is 10.6 Å². The van der Waals surface area contributed by atoms with Gasteiger partial charge in [-0.15, -0.1) is 0 Å². The Bertz CT molecular complexity index is 1280. The van der Waals surface area contributed by atoms with Gasteiger partial charge in [-0.1, -0.05) is 55.5 Å². The minimum Gasteiger partial charge on any atom is -0.458 e. The molecule has 242 valence electrons. The molecule has 0 spiro atoms. The van der Waals surface area contributed by atoms with Crippen LogP contribution in [-0.2, 0) is 30.3 Å². The summed E-state index contributed by atoms with van der Waals surface area (Å²) in [5, 5.41) is 15.5. The fourth-order valence-electron chi connectivity index (χ4n) is 4.63. The van der Waals surface area contributed by atoms with Crippen LogP contribution in [0.1, 0.15) is 83.2 Å². The lowest BCUT2D eigenvalue weighted by Crippen LogP contribution is -2.56. The molecule has 3 amide bonds. The fourth-order valence-corrected chi connectivity index (χ4v) is 4.63. The van der Waals surface area contributed by atoms with Crippen LogP contribution in [0.5, 0.6) is 0 Å². The van der Waals surface area contributed by atoms with Gasteiger partial charge in [-0.25, -0.2) is 9.59 Å². The van der Waals surface area contributed by atoms with Crippen molar-refractivity contribution >= 4 is 23.9 Å². The van der Waals surface area contributed by atoms with Gasteiger partial charge in [0.1, 0.15) is 29.3 Å². The molecule has 0 radical (unpaired) electrons. The first-order valence-electron chi connectivity index (χ1n) is 15.0. The molecule has 0 saturated carbocycles. The fraction of sp³-hybridized carbons (Fsp3) is 0.529. The lowest BCUT2D eigenvalue weighted by molar-refractivity contribution is -0.159. The summed E-state index contributed by atoms with van der Waals surface area (Å²) < 4.78 is 11.0. The molecule has 3 unspecified atom stereocenters. The van der Waals surface area contributed by atoms with E-state index < -0.39 is 59.8 Å². The van der Waals surface area contributed by atoms with Gasteiger partial charge in [0.05, 0.1) is 6.61 Å². The maximum Gasteiger partial charge on any atom is 0.408 e. The lowest BCUT2D eigenvalue weighted by Gasteiger charge is -2.35. The van der Waals surface area contributed by atoms with Gasteiger partial charge in [-0.3, -0.25) is 9.59 Å². The number of nitrogens with zero attached hydrogens (tertiary/aromatic N) is 1. The number of ether oxygens (including phenoxy) is 2. The molecule has 0 bridgehead atoms. The highest BCUT2D eigenvalue weighted by Gasteiger charge is 2.38. The molecule has 0 aliphatic heterocycles. The second kappa shape index (κ2) is 15.7. The van der Waals surface area contributed by atoms with Crippen molar-refractivity contribution in [2.24, 2.45) is 0 Å². The van der Waals surface area contributed by atoms with Crippen LogP contribution in [-0.4, -0.2) is 70.3 Å². The SMILES string of the molecule is CCCN(C(=O)C(CO)NC(=O)OC(C)(C)C)C(C(=O)NC(Cc1ccccc1)C(=O)OC(C)(C)C)c1cccc(C)c1C. The van der Waals surface area contributed by atoms with Crippen LogP contribution in [0.25, 0.3) is 0 Å². The highest BCUT2D eigenvalue weighted by Crippen LogP contribution is 2.28. The number of aliphatic hydroxyl groups excluding tert-OH is 1. The predicted octanol–water partition coefficient (Wildman–Crippen LogP) is 4.54. The van der Waals surface area contributed by atoms with E-state index in [2.05, 4.69) is 10.6 Å². The Morgan fingerprint density at radius 2 is 1.45 bits per heavy atom. The molecular weight excluding hydrogens is 562 g/mol. The molecule has 44 heavy (non-hydrogen) atoms. The second-order valence-electron chi connectivity index (χ2n) is 12.9. The Balaban J connectivity index is 2.58. The molecule has 0 aliphatic rings. The van der Waals surface area contributed by atoms with E-state index in [1.807, 2.05) is 57.2 Å². The molecule has 2 aromatic rings.